The van der Waals surface area contributed by atoms with Crippen molar-refractivity contribution >= 4 is 18.8 Å². The van der Waals surface area contributed by atoms with Crippen molar-refractivity contribution in [2.24, 2.45) is 10.7 Å². The minimum absolute atomic E-state index is 0. The summed E-state index contributed by atoms with van der Waals surface area (Å²) in [7, 11) is 3.30. The second-order valence-corrected chi connectivity index (χ2v) is 2.92. The zero-order valence-corrected chi connectivity index (χ0v) is 11.1. The second-order valence-electron chi connectivity index (χ2n) is 2.92. The van der Waals surface area contributed by atoms with Crippen LogP contribution in [-0.2, 0) is 9.59 Å². The molecule has 0 rings (SSSR count). The first-order valence-electron chi connectivity index (χ1n) is 5.80. The van der Waals surface area contributed by atoms with E-state index in [4.69, 9.17) is 0 Å². The fourth-order valence-corrected chi connectivity index (χ4v) is 0.767. The lowest BCUT2D eigenvalue weighted by atomic mass is 10.2. The Morgan fingerprint density at radius 2 is 1.18 bits per heavy atom. The maximum Gasteiger partial charge on any atom is 0.120 e. The molecular formula is C18H46N2O2. The number of nitrogens with two attached hydrogens (primary N) is 1. The third kappa shape index (κ3) is 98.7. The molecule has 0 spiro atoms. The van der Waals surface area contributed by atoms with Gasteiger partial charge in [-0.15, -0.1) is 6.58 Å². The van der Waals surface area contributed by atoms with Crippen molar-refractivity contribution < 1.29 is 9.59 Å². The first kappa shape index (κ1) is 49.8. The van der Waals surface area contributed by atoms with Crippen LogP contribution in [0.5, 0.6) is 0 Å². The van der Waals surface area contributed by atoms with Gasteiger partial charge in [-0.3, -0.25) is 0 Å². The highest BCUT2D eigenvalue weighted by Gasteiger charge is 1.80. The Morgan fingerprint density at radius 3 is 1.45 bits per heavy atom. The molecule has 0 aromatic rings. The van der Waals surface area contributed by atoms with E-state index in [1.54, 1.807) is 7.05 Å². The van der Waals surface area contributed by atoms with Gasteiger partial charge in [0.2, 0.25) is 0 Å². The standard InChI is InChI=1S/C7H13N.C5H8O2.CH5N.5CH4/c1-3-4-5-6-7-8-2;6-4-2-1-3-5-7;1-2;;;;;/h3,7H,1,4-6H2,2H3;4-5H,1-3H2;2H2,1H3;5*1H4. The lowest BCUT2D eigenvalue weighted by Crippen LogP contribution is -1.76. The van der Waals surface area contributed by atoms with Gasteiger partial charge in [-0.05, 0) is 38.9 Å². The van der Waals surface area contributed by atoms with Gasteiger partial charge in [-0.2, -0.15) is 0 Å². The summed E-state index contributed by atoms with van der Waals surface area (Å²) in [5.74, 6) is 0. The SMILES string of the molecule is C.C.C.C.C.C=CCCCC=NC.CN.O=CCCCC=O. The molecule has 0 radical (unpaired) electrons. The fraction of sp³-hybridized carbons (Fsp3) is 0.722. The zero-order chi connectivity index (χ0) is 13.8. The largest absolute Gasteiger partial charge is 0.333 e. The number of carbonyl (C=O) groups is 2. The van der Waals surface area contributed by atoms with Crippen molar-refractivity contribution in [2.75, 3.05) is 14.1 Å². The van der Waals surface area contributed by atoms with Gasteiger partial charge in [0.05, 0.1) is 0 Å². The monoisotopic (exact) mass is 322 g/mol. The first-order valence-corrected chi connectivity index (χ1v) is 5.80. The summed E-state index contributed by atoms with van der Waals surface area (Å²) in [6, 6.07) is 0. The van der Waals surface area contributed by atoms with Crippen LogP contribution in [0.1, 0.15) is 75.7 Å². The highest BCUT2D eigenvalue weighted by Crippen LogP contribution is 1.91. The predicted molar refractivity (Wildman–Crippen MR) is 108 cm³/mol. The minimum atomic E-state index is 0. The smallest absolute Gasteiger partial charge is 0.120 e. The number of aldehydes is 2. The van der Waals surface area contributed by atoms with Crippen molar-refractivity contribution in [3.8, 4) is 0 Å². The van der Waals surface area contributed by atoms with Crippen LogP contribution >= 0.6 is 0 Å². The third-order valence-corrected chi connectivity index (χ3v) is 1.57. The Morgan fingerprint density at radius 1 is 0.818 bits per heavy atom. The van der Waals surface area contributed by atoms with Gasteiger partial charge in [-0.25, -0.2) is 0 Å². The van der Waals surface area contributed by atoms with Crippen molar-refractivity contribution in [1.29, 1.82) is 0 Å². The Hall–Kier alpha value is -1.29. The minimum Gasteiger partial charge on any atom is -0.333 e. The molecule has 0 bridgehead atoms. The Kier molecular flexibility index (Phi) is 166. The Labute approximate surface area is 142 Å². The second kappa shape index (κ2) is 73.2. The van der Waals surface area contributed by atoms with Gasteiger partial charge in [0.25, 0.3) is 0 Å². The van der Waals surface area contributed by atoms with E-state index in [1.807, 2.05) is 12.3 Å². The molecule has 0 aromatic heterocycles. The van der Waals surface area contributed by atoms with E-state index in [0.717, 1.165) is 25.4 Å². The van der Waals surface area contributed by atoms with E-state index < -0.39 is 0 Å². The molecule has 0 unspecified atom stereocenters. The van der Waals surface area contributed by atoms with Crippen LogP contribution in [0.3, 0.4) is 0 Å². The van der Waals surface area contributed by atoms with E-state index in [9.17, 15) is 9.59 Å². The molecule has 0 atom stereocenters. The average Bonchev–Trinajstić information content (AvgIpc) is 2.39. The molecule has 0 aromatic carbocycles. The number of rotatable bonds is 8. The number of allylic oxidation sites excluding steroid dienone is 1. The molecule has 0 aliphatic carbocycles. The summed E-state index contributed by atoms with van der Waals surface area (Å²) in [6.45, 7) is 3.61. The fourth-order valence-electron chi connectivity index (χ4n) is 0.767. The molecule has 4 heteroatoms. The summed E-state index contributed by atoms with van der Waals surface area (Å²) >= 11 is 0. The van der Waals surface area contributed by atoms with Crippen LogP contribution < -0.4 is 5.73 Å². The zero-order valence-electron chi connectivity index (χ0n) is 11.1. The van der Waals surface area contributed by atoms with E-state index in [0.29, 0.717) is 19.3 Å². The van der Waals surface area contributed by atoms with Gasteiger partial charge >= 0.3 is 0 Å². The van der Waals surface area contributed by atoms with Crippen molar-refractivity contribution in [2.45, 2.75) is 75.7 Å². The molecule has 0 amide bonds. The normalized spacial score (nSPS) is 6.50. The van der Waals surface area contributed by atoms with E-state index in [1.165, 1.54) is 13.5 Å². The maximum absolute atomic E-state index is 9.56. The van der Waals surface area contributed by atoms with Gasteiger partial charge in [0, 0.05) is 19.9 Å². The van der Waals surface area contributed by atoms with Crippen LogP contribution in [0.15, 0.2) is 17.6 Å². The lowest BCUT2D eigenvalue weighted by molar-refractivity contribution is -0.108. The first-order chi connectivity index (χ1) is 8.33. The highest BCUT2D eigenvalue weighted by atomic mass is 16.1. The van der Waals surface area contributed by atoms with Crippen LogP contribution in [0.25, 0.3) is 0 Å². The maximum atomic E-state index is 9.56. The van der Waals surface area contributed by atoms with E-state index in [-0.39, 0.29) is 37.1 Å². The third-order valence-electron chi connectivity index (χ3n) is 1.57. The number of aliphatic imine (C=N–C) groups is 1. The molecule has 22 heavy (non-hydrogen) atoms. The van der Waals surface area contributed by atoms with Gasteiger partial charge < -0.3 is 20.3 Å². The van der Waals surface area contributed by atoms with Crippen LogP contribution in [0.4, 0.5) is 0 Å². The number of hydrogen-bond acceptors (Lipinski definition) is 4. The van der Waals surface area contributed by atoms with Gasteiger partial charge in [-0.1, -0.05) is 43.2 Å². The van der Waals surface area contributed by atoms with Crippen molar-refractivity contribution in [3.05, 3.63) is 12.7 Å². The van der Waals surface area contributed by atoms with Crippen LogP contribution in [0, 0.1) is 0 Å². The number of hydrogen-bond donors (Lipinski definition) is 1. The van der Waals surface area contributed by atoms with Crippen molar-refractivity contribution in [1.82, 2.24) is 0 Å². The summed E-state index contributed by atoms with van der Waals surface area (Å²) in [5.41, 5.74) is 4.50. The average molecular weight is 323 g/mol. The molecule has 140 valence electrons. The number of unbranched alkanes of at least 4 members (excludes halogenated alkanes) is 4. The highest BCUT2D eigenvalue weighted by molar-refractivity contribution is 5.56. The lowest BCUT2D eigenvalue weighted by Gasteiger charge is -1.85. The molecule has 0 saturated carbocycles. The Bertz CT molecular complexity index is 174. The van der Waals surface area contributed by atoms with Crippen LogP contribution in [0.2, 0.25) is 0 Å². The molecule has 2 N–H and O–H groups in total. The van der Waals surface area contributed by atoms with Gasteiger partial charge in [0.1, 0.15) is 12.6 Å². The topological polar surface area (TPSA) is 72.5 Å². The molecule has 0 fully saturated rings. The van der Waals surface area contributed by atoms with Crippen LogP contribution in [-0.4, -0.2) is 32.9 Å². The van der Waals surface area contributed by atoms with Gasteiger partial charge in [0.15, 0.2) is 0 Å². The molecule has 4 nitrogen and oxygen atoms in total. The van der Waals surface area contributed by atoms with E-state index in [2.05, 4.69) is 17.3 Å². The summed E-state index contributed by atoms with van der Waals surface area (Å²) < 4.78 is 0. The molecular weight excluding hydrogens is 276 g/mol. The van der Waals surface area contributed by atoms with E-state index >= 15 is 0 Å². The summed E-state index contributed by atoms with van der Waals surface area (Å²) in [5, 5.41) is 0. The summed E-state index contributed by atoms with van der Waals surface area (Å²) in [6.07, 6.45) is 10.6. The molecule has 0 heterocycles. The Balaban J connectivity index is -0.0000000222. The number of carbonyl (C=O) groups excluding carboxylic acids is 2. The molecule has 0 aliphatic heterocycles. The van der Waals surface area contributed by atoms with Crippen molar-refractivity contribution in [3.63, 3.8) is 0 Å². The summed E-state index contributed by atoms with van der Waals surface area (Å²) in [4.78, 5) is 23.0. The quantitative estimate of drug-likeness (QED) is 0.283. The molecule has 0 aliphatic rings. The predicted octanol–water partition coefficient (Wildman–Crippen LogP) is 5.35. The number of nitrogens with zero attached hydrogens (tertiary/aromatic N) is 1. The molecule has 0 saturated heterocycles.